The maximum absolute atomic E-state index is 12.6. The van der Waals surface area contributed by atoms with Crippen molar-refractivity contribution in [1.82, 2.24) is 10.4 Å². The van der Waals surface area contributed by atoms with Gasteiger partial charge in [0.25, 0.3) is 11.8 Å². The molecule has 1 fully saturated rings. The molecule has 0 aliphatic carbocycles. The molecule has 1 heterocycles. The van der Waals surface area contributed by atoms with E-state index in [-0.39, 0.29) is 10.2 Å². The Labute approximate surface area is 161 Å². The Balaban J connectivity index is 1.74. The molecule has 132 valence electrons. The number of benzene rings is 2. The number of methoxy groups -OCH3 is 1. The first-order valence-corrected chi connectivity index (χ1v) is 9.00. The molecular weight excluding hydrogens is 368 g/mol. The number of carbonyl (C=O) groups excluding carboxylic acids is 2. The summed E-state index contributed by atoms with van der Waals surface area (Å²) >= 11 is 6.39. The van der Waals surface area contributed by atoms with Crippen LogP contribution in [0.5, 0.6) is 5.75 Å². The third-order valence-corrected chi connectivity index (χ3v) is 5.04. The standard InChI is InChI=1S/C19H16N2O3S2/c1-12-3-5-13(6-4-12)11-16-18(23)21(19(25)26-16)20-17(22)14-7-9-15(24-2)10-8-14/h3-11H,1-2H3,(H,20,22)/b16-11+. The monoisotopic (exact) mass is 384 g/mol. The molecule has 0 aromatic heterocycles. The zero-order valence-electron chi connectivity index (χ0n) is 14.2. The molecule has 0 spiro atoms. The number of rotatable bonds is 4. The molecule has 7 heteroatoms. The van der Waals surface area contributed by atoms with Gasteiger partial charge in [0.1, 0.15) is 5.75 Å². The summed E-state index contributed by atoms with van der Waals surface area (Å²) in [4.78, 5) is 25.4. The first-order valence-electron chi connectivity index (χ1n) is 7.77. The first kappa shape index (κ1) is 18.2. The number of nitrogens with zero attached hydrogens (tertiary/aromatic N) is 1. The van der Waals surface area contributed by atoms with Crippen LogP contribution in [0.4, 0.5) is 0 Å². The van der Waals surface area contributed by atoms with Crippen molar-refractivity contribution in [2.75, 3.05) is 7.11 Å². The summed E-state index contributed by atoms with van der Waals surface area (Å²) < 4.78 is 5.35. The Morgan fingerprint density at radius 1 is 1.15 bits per heavy atom. The number of hydrogen-bond acceptors (Lipinski definition) is 5. The van der Waals surface area contributed by atoms with Gasteiger partial charge in [0, 0.05) is 5.56 Å². The summed E-state index contributed by atoms with van der Waals surface area (Å²) in [6, 6.07) is 14.4. The number of aryl methyl sites for hydroxylation is 1. The fourth-order valence-corrected chi connectivity index (χ4v) is 3.47. The van der Waals surface area contributed by atoms with E-state index in [1.54, 1.807) is 37.5 Å². The van der Waals surface area contributed by atoms with Gasteiger partial charge in [-0.05, 0) is 55.0 Å². The number of nitrogens with one attached hydrogen (secondary N) is 1. The van der Waals surface area contributed by atoms with Crippen LogP contribution in [0.3, 0.4) is 0 Å². The van der Waals surface area contributed by atoms with Crippen molar-refractivity contribution in [3.63, 3.8) is 0 Å². The highest BCUT2D eigenvalue weighted by molar-refractivity contribution is 8.26. The molecule has 2 amide bonds. The molecule has 3 rings (SSSR count). The minimum atomic E-state index is -0.416. The van der Waals surface area contributed by atoms with E-state index < -0.39 is 5.91 Å². The number of amides is 2. The van der Waals surface area contributed by atoms with Crippen molar-refractivity contribution in [3.05, 3.63) is 70.1 Å². The number of thioether (sulfide) groups is 1. The summed E-state index contributed by atoms with van der Waals surface area (Å²) in [6.07, 6.45) is 1.76. The highest BCUT2D eigenvalue weighted by atomic mass is 32.2. The fourth-order valence-electron chi connectivity index (χ4n) is 2.29. The van der Waals surface area contributed by atoms with Crippen molar-refractivity contribution < 1.29 is 14.3 Å². The SMILES string of the molecule is COc1ccc(C(=O)NN2C(=O)/C(=C\c3ccc(C)cc3)SC2=S)cc1. The molecule has 0 atom stereocenters. The van der Waals surface area contributed by atoms with Gasteiger partial charge in [0.15, 0.2) is 4.32 Å². The average molecular weight is 384 g/mol. The number of hydrazine groups is 1. The van der Waals surface area contributed by atoms with E-state index in [4.69, 9.17) is 17.0 Å². The Morgan fingerprint density at radius 3 is 2.42 bits per heavy atom. The van der Waals surface area contributed by atoms with Crippen molar-refractivity contribution in [3.8, 4) is 5.75 Å². The molecule has 2 aromatic rings. The normalized spacial score (nSPS) is 15.5. The Hall–Kier alpha value is -2.64. The Morgan fingerprint density at radius 2 is 1.81 bits per heavy atom. The van der Waals surface area contributed by atoms with Gasteiger partial charge in [0.05, 0.1) is 12.0 Å². The van der Waals surface area contributed by atoms with E-state index in [1.807, 2.05) is 31.2 Å². The average Bonchev–Trinajstić information content (AvgIpc) is 2.91. The minimum Gasteiger partial charge on any atom is -0.497 e. The second kappa shape index (κ2) is 7.72. The third-order valence-electron chi connectivity index (χ3n) is 3.73. The molecule has 0 saturated carbocycles. The quantitative estimate of drug-likeness (QED) is 0.645. The summed E-state index contributed by atoms with van der Waals surface area (Å²) in [5, 5.41) is 1.10. The topological polar surface area (TPSA) is 58.6 Å². The molecule has 1 aliphatic rings. The maximum Gasteiger partial charge on any atom is 0.285 e. The predicted octanol–water partition coefficient (Wildman–Crippen LogP) is 3.55. The second-order valence-electron chi connectivity index (χ2n) is 5.60. The lowest BCUT2D eigenvalue weighted by Crippen LogP contribution is -2.44. The number of thiocarbonyl (C=S) groups is 1. The van der Waals surface area contributed by atoms with Crippen molar-refractivity contribution in [2.45, 2.75) is 6.92 Å². The summed E-state index contributed by atoms with van der Waals surface area (Å²) in [6.45, 7) is 2.00. The summed E-state index contributed by atoms with van der Waals surface area (Å²) in [5.41, 5.74) is 5.00. The van der Waals surface area contributed by atoms with Crippen LogP contribution < -0.4 is 10.2 Å². The Bertz CT molecular complexity index is 890. The van der Waals surface area contributed by atoms with Crippen LogP contribution in [-0.4, -0.2) is 28.3 Å². The smallest absolute Gasteiger partial charge is 0.285 e. The Kier molecular flexibility index (Phi) is 5.39. The van der Waals surface area contributed by atoms with Crippen LogP contribution >= 0.6 is 24.0 Å². The van der Waals surface area contributed by atoms with E-state index in [0.29, 0.717) is 16.2 Å². The lowest BCUT2D eigenvalue weighted by atomic mass is 10.1. The van der Waals surface area contributed by atoms with E-state index in [1.165, 1.54) is 0 Å². The van der Waals surface area contributed by atoms with Crippen LogP contribution in [0.15, 0.2) is 53.4 Å². The first-order chi connectivity index (χ1) is 12.5. The molecular formula is C19H16N2O3S2. The van der Waals surface area contributed by atoms with Crippen molar-refractivity contribution >= 4 is 46.2 Å². The van der Waals surface area contributed by atoms with Gasteiger partial charge in [-0.3, -0.25) is 15.0 Å². The number of hydrogen-bond donors (Lipinski definition) is 1. The molecule has 5 nitrogen and oxygen atoms in total. The van der Waals surface area contributed by atoms with E-state index in [2.05, 4.69) is 5.43 Å². The van der Waals surface area contributed by atoms with Crippen LogP contribution in [0, 0.1) is 6.92 Å². The van der Waals surface area contributed by atoms with Crippen LogP contribution in [0.25, 0.3) is 6.08 Å². The lowest BCUT2D eigenvalue weighted by molar-refractivity contribution is -0.123. The van der Waals surface area contributed by atoms with Gasteiger partial charge in [-0.2, -0.15) is 5.01 Å². The molecule has 1 saturated heterocycles. The summed E-state index contributed by atoms with van der Waals surface area (Å²) in [7, 11) is 1.55. The lowest BCUT2D eigenvalue weighted by Gasteiger charge is -2.15. The van der Waals surface area contributed by atoms with Crippen LogP contribution in [0.2, 0.25) is 0 Å². The van der Waals surface area contributed by atoms with Gasteiger partial charge in [-0.25, -0.2) is 0 Å². The third kappa shape index (κ3) is 3.95. The number of ether oxygens (including phenoxy) is 1. The minimum absolute atomic E-state index is 0.287. The van der Waals surface area contributed by atoms with E-state index in [0.717, 1.165) is 27.9 Å². The second-order valence-corrected chi connectivity index (χ2v) is 7.27. The molecule has 0 bridgehead atoms. The van der Waals surface area contributed by atoms with Gasteiger partial charge in [-0.1, -0.05) is 41.6 Å². The predicted molar refractivity (Wildman–Crippen MR) is 107 cm³/mol. The molecule has 1 N–H and O–H groups in total. The number of carbonyl (C=O) groups is 2. The zero-order valence-corrected chi connectivity index (χ0v) is 15.8. The van der Waals surface area contributed by atoms with Gasteiger partial charge < -0.3 is 4.74 Å². The van der Waals surface area contributed by atoms with E-state index >= 15 is 0 Å². The van der Waals surface area contributed by atoms with Gasteiger partial charge >= 0.3 is 0 Å². The van der Waals surface area contributed by atoms with Crippen LogP contribution in [0.1, 0.15) is 21.5 Å². The van der Waals surface area contributed by atoms with Crippen molar-refractivity contribution in [1.29, 1.82) is 0 Å². The maximum atomic E-state index is 12.6. The van der Waals surface area contributed by atoms with E-state index in [9.17, 15) is 9.59 Å². The molecule has 0 radical (unpaired) electrons. The highest BCUT2D eigenvalue weighted by Gasteiger charge is 2.33. The van der Waals surface area contributed by atoms with Gasteiger partial charge in [0.2, 0.25) is 0 Å². The van der Waals surface area contributed by atoms with Gasteiger partial charge in [-0.15, -0.1) is 0 Å². The molecule has 1 aliphatic heterocycles. The van der Waals surface area contributed by atoms with Crippen molar-refractivity contribution in [2.24, 2.45) is 0 Å². The highest BCUT2D eigenvalue weighted by Crippen LogP contribution is 2.31. The summed E-state index contributed by atoms with van der Waals surface area (Å²) in [5.74, 6) is -0.115. The molecule has 0 unspecified atom stereocenters. The largest absolute Gasteiger partial charge is 0.497 e. The molecule has 26 heavy (non-hydrogen) atoms. The van der Waals surface area contributed by atoms with Crippen LogP contribution in [-0.2, 0) is 4.79 Å². The zero-order chi connectivity index (χ0) is 18.7. The molecule has 2 aromatic carbocycles. The fraction of sp³-hybridized carbons (Fsp3) is 0.105.